The number of nitrogens with two attached hydrogens (primary N) is 1. The third-order valence-electron chi connectivity index (χ3n) is 3.90. The average molecular weight is 337 g/mol. The molecule has 0 saturated heterocycles. The van der Waals surface area contributed by atoms with E-state index in [4.69, 9.17) is 5.73 Å². The van der Waals surface area contributed by atoms with E-state index in [9.17, 15) is 9.59 Å². The predicted molar refractivity (Wildman–Crippen MR) is 95.6 cm³/mol. The van der Waals surface area contributed by atoms with Crippen molar-refractivity contribution in [3.05, 3.63) is 53.3 Å². The van der Waals surface area contributed by atoms with Gasteiger partial charge in [-0.3, -0.25) is 9.59 Å². The minimum Gasteiger partial charge on any atom is -0.366 e. The third kappa shape index (κ3) is 3.21. The second kappa shape index (κ2) is 6.35. The number of hydrogen-bond acceptors (Lipinski definition) is 4. The van der Waals surface area contributed by atoms with Crippen LogP contribution in [0, 0.1) is 6.92 Å². The predicted octanol–water partition coefficient (Wildman–Crippen LogP) is 2.67. The molecule has 0 unspecified atom stereocenters. The lowest BCUT2D eigenvalue weighted by atomic mass is 10.1. The molecule has 0 bridgehead atoms. The van der Waals surface area contributed by atoms with Crippen molar-refractivity contribution in [2.75, 3.05) is 5.32 Å². The summed E-state index contributed by atoms with van der Waals surface area (Å²) in [6.45, 7) is 5.83. The van der Waals surface area contributed by atoms with Crippen molar-refractivity contribution in [3.8, 4) is 0 Å². The van der Waals surface area contributed by atoms with Crippen LogP contribution in [0.15, 0.2) is 36.5 Å². The number of nitrogens with zero attached hydrogens (tertiary/aromatic N) is 3. The normalized spacial score (nSPS) is 11.0. The zero-order chi connectivity index (χ0) is 18.1. The summed E-state index contributed by atoms with van der Waals surface area (Å²) < 4.78 is 1.82. The standard InChI is InChI=1S/C18H19N5O2/c1-10(2)23-17-13(9-20-23)8-15(11(3)21-17)18(25)22-14-6-4-5-12(7-14)16(19)24/h4-10H,1-3H3,(H2,19,24)(H,22,25). The first-order chi connectivity index (χ1) is 11.9. The highest BCUT2D eigenvalue weighted by Gasteiger charge is 2.15. The molecule has 3 N–H and O–H groups in total. The van der Waals surface area contributed by atoms with Gasteiger partial charge in [0.2, 0.25) is 5.91 Å². The second-order valence-electron chi connectivity index (χ2n) is 6.12. The summed E-state index contributed by atoms with van der Waals surface area (Å²) in [7, 11) is 0. The van der Waals surface area contributed by atoms with Crippen molar-refractivity contribution in [2.24, 2.45) is 5.73 Å². The first-order valence-corrected chi connectivity index (χ1v) is 7.93. The second-order valence-corrected chi connectivity index (χ2v) is 6.12. The summed E-state index contributed by atoms with van der Waals surface area (Å²) >= 11 is 0. The van der Waals surface area contributed by atoms with E-state index in [-0.39, 0.29) is 11.9 Å². The van der Waals surface area contributed by atoms with Crippen LogP contribution in [0.5, 0.6) is 0 Å². The van der Waals surface area contributed by atoms with E-state index in [1.807, 2.05) is 18.5 Å². The maximum atomic E-state index is 12.6. The minimum absolute atomic E-state index is 0.181. The smallest absolute Gasteiger partial charge is 0.257 e. The number of anilines is 1. The van der Waals surface area contributed by atoms with Gasteiger partial charge in [0, 0.05) is 22.7 Å². The van der Waals surface area contributed by atoms with Gasteiger partial charge in [-0.25, -0.2) is 9.67 Å². The molecule has 0 saturated carbocycles. The molecule has 0 aliphatic heterocycles. The van der Waals surface area contributed by atoms with E-state index >= 15 is 0 Å². The number of pyridine rings is 1. The van der Waals surface area contributed by atoms with Crippen molar-refractivity contribution < 1.29 is 9.59 Å². The number of hydrogen-bond donors (Lipinski definition) is 2. The largest absolute Gasteiger partial charge is 0.366 e. The monoisotopic (exact) mass is 337 g/mol. The summed E-state index contributed by atoms with van der Waals surface area (Å²) in [5.74, 6) is -0.845. The molecule has 25 heavy (non-hydrogen) atoms. The highest BCUT2D eigenvalue weighted by molar-refractivity contribution is 6.07. The van der Waals surface area contributed by atoms with Gasteiger partial charge in [-0.15, -0.1) is 0 Å². The molecular weight excluding hydrogens is 318 g/mol. The Labute approximate surface area is 144 Å². The Morgan fingerprint density at radius 2 is 2.00 bits per heavy atom. The summed E-state index contributed by atoms with van der Waals surface area (Å²) in [5, 5.41) is 7.90. The average Bonchev–Trinajstić information content (AvgIpc) is 2.97. The first-order valence-electron chi connectivity index (χ1n) is 7.93. The fourth-order valence-electron chi connectivity index (χ4n) is 2.62. The summed E-state index contributed by atoms with van der Waals surface area (Å²) in [5.41, 5.74) is 7.92. The molecule has 0 aliphatic rings. The number of aromatic nitrogens is 3. The highest BCUT2D eigenvalue weighted by atomic mass is 16.2. The van der Waals surface area contributed by atoms with Crippen LogP contribution < -0.4 is 11.1 Å². The fraction of sp³-hybridized carbons (Fsp3) is 0.222. The molecule has 0 fully saturated rings. The molecule has 128 valence electrons. The van der Waals surface area contributed by atoms with Crippen LogP contribution in [-0.4, -0.2) is 26.6 Å². The van der Waals surface area contributed by atoms with Crippen LogP contribution in [0.1, 0.15) is 46.3 Å². The number of fused-ring (bicyclic) bond motifs is 1. The zero-order valence-corrected chi connectivity index (χ0v) is 14.3. The van der Waals surface area contributed by atoms with Gasteiger partial charge < -0.3 is 11.1 Å². The lowest BCUT2D eigenvalue weighted by Gasteiger charge is -2.10. The molecule has 2 aromatic heterocycles. The third-order valence-corrected chi connectivity index (χ3v) is 3.90. The van der Waals surface area contributed by atoms with E-state index in [0.717, 1.165) is 11.0 Å². The maximum Gasteiger partial charge on any atom is 0.257 e. The Balaban J connectivity index is 1.93. The number of carbonyl (C=O) groups is 2. The maximum absolute atomic E-state index is 12.6. The van der Waals surface area contributed by atoms with Gasteiger partial charge in [-0.2, -0.15) is 5.10 Å². The molecule has 0 spiro atoms. The Morgan fingerprint density at radius 1 is 1.24 bits per heavy atom. The van der Waals surface area contributed by atoms with Gasteiger partial charge in [0.05, 0.1) is 17.5 Å². The van der Waals surface area contributed by atoms with Crippen LogP contribution in [0.4, 0.5) is 5.69 Å². The number of primary amides is 1. The summed E-state index contributed by atoms with van der Waals surface area (Å²) in [4.78, 5) is 28.4. The van der Waals surface area contributed by atoms with Gasteiger partial charge in [0.1, 0.15) is 0 Å². The number of aryl methyl sites for hydroxylation is 1. The number of rotatable bonds is 4. The van der Waals surface area contributed by atoms with Crippen molar-refractivity contribution in [2.45, 2.75) is 26.8 Å². The lowest BCUT2D eigenvalue weighted by Crippen LogP contribution is -2.16. The molecular formula is C18H19N5O2. The molecule has 7 nitrogen and oxygen atoms in total. The van der Waals surface area contributed by atoms with E-state index in [0.29, 0.717) is 22.5 Å². The molecule has 7 heteroatoms. The van der Waals surface area contributed by atoms with Gasteiger partial charge in [0.25, 0.3) is 5.91 Å². The Morgan fingerprint density at radius 3 is 2.68 bits per heavy atom. The quantitative estimate of drug-likeness (QED) is 0.764. The van der Waals surface area contributed by atoms with Crippen molar-refractivity contribution in [1.29, 1.82) is 0 Å². The number of amides is 2. The van der Waals surface area contributed by atoms with E-state index in [2.05, 4.69) is 15.4 Å². The van der Waals surface area contributed by atoms with Crippen molar-refractivity contribution >= 4 is 28.5 Å². The van der Waals surface area contributed by atoms with Gasteiger partial charge >= 0.3 is 0 Å². The van der Waals surface area contributed by atoms with Gasteiger partial charge in [-0.1, -0.05) is 6.07 Å². The van der Waals surface area contributed by atoms with Crippen LogP contribution in [0.2, 0.25) is 0 Å². The SMILES string of the molecule is Cc1nc2c(cnn2C(C)C)cc1C(=O)Nc1cccc(C(N)=O)c1. The van der Waals surface area contributed by atoms with E-state index in [1.54, 1.807) is 37.4 Å². The lowest BCUT2D eigenvalue weighted by molar-refractivity contribution is 0.0996. The molecule has 0 aliphatic carbocycles. The fourth-order valence-corrected chi connectivity index (χ4v) is 2.62. The molecule has 2 heterocycles. The number of carbonyl (C=O) groups excluding carboxylic acids is 2. The molecule has 0 atom stereocenters. The molecule has 2 amide bonds. The van der Waals surface area contributed by atoms with Crippen LogP contribution in [0.3, 0.4) is 0 Å². The first kappa shape index (κ1) is 16.6. The van der Waals surface area contributed by atoms with Gasteiger partial charge in [0.15, 0.2) is 5.65 Å². The van der Waals surface area contributed by atoms with Gasteiger partial charge in [-0.05, 0) is 45.0 Å². The van der Waals surface area contributed by atoms with E-state index < -0.39 is 5.91 Å². The molecule has 3 aromatic rings. The Kier molecular flexibility index (Phi) is 4.22. The van der Waals surface area contributed by atoms with Crippen LogP contribution in [-0.2, 0) is 0 Å². The topological polar surface area (TPSA) is 103 Å². The molecule has 1 aromatic carbocycles. The highest BCUT2D eigenvalue weighted by Crippen LogP contribution is 2.20. The van der Waals surface area contributed by atoms with E-state index in [1.165, 1.54) is 6.07 Å². The van der Waals surface area contributed by atoms with Crippen LogP contribution >= 0.6 is 0 Å². The number of benzene rings is 1. The molecule has 0 radical (unpaired) electrons. The summed E-state index contributed by atoms with van der Waals surface area (Å²) in [6, 6.07) is 8.45. The summed E-state index contributed by atoms with van der Waals surface area (Å²) in [6.07, 6.45) is 1.70. The van der Waals surface area contributed by atoms with Crippen LogP contribution in [0.25, 0.3) is 11.0 Å². The number of nitrogens with one attached hydrogen (secondary N) is 1. The molecule has 3 rings (SSSR count). The van der Waals surface area contributed by atoms with Crippen molar-refractivity contribution in [3.63, 3.8) is 0 Å². The Bertz CT molecular complexity index is 975. The minimum atomic E-state index is -0.545. The van der Waals surface area contributed by atoms with Crippen molar-refractivity contribution in [1.82, 2.24) is 14.8 Å². The zero-order valence-electron chi connectivity index (χ0n) is 14.3. The Hall–Kier alpha value is -3.22.